The fourth-order valence-electron chi connectivity index (χ4n) is 2.93. The summed E-state index contributed by atoms with van der Waals surface area (Å²) >= 11 is 0. The topological polar surface area (TPSA) is 95.9 Å². The van der Waals surface area contributed by atoms with E-state index in [-0.39, 0.29) is 17.7 Å². The van der Waals surface area contributed by atoms with E-state index in [0.29, 0.717) is 17.0 Å². The quantitative estimate of drug-likeness (QED) is 0.770. The van der Waals surface area contributed by atoms with Crippen LogP contribution >= 0.6 is 0 Å². The van der Waals surface area contributed by atoms with Crippen LogP contribution in [0, 0.1) is 5.82 Å². The molecule has 0 spiro atoms. The minimum Gasteiger partial charge on any atom is -0.284 e. The van der Waals surface area contributed by atoms with Crippen molar-refractivity contribution in [3.05, 3.63) is 65.5 Å². The van der Waals surface area contributed by atoms with Crippen LogP contribution in [0.25, 0.3) is 0 Å². The summed E-state index contributed by atoms with van der Waals surface area (Å²) in [6.07, 6.45) is 1.23. The van der Waals surface area contributed by atoms with Crippen LogP contribution in [-0.4, -0.2) is 39.0 Å². The summed E-state index contributed by atoms with van der Waals surface area (Å²) in [4.78, 5) is 0. The Kier molecular flexibility index (Phi) is 5.44. The molecule has 150 valence electrons. The number of hydrogen-bond acceptors (Lipinski definition) is 5. The van der Waals surface area contributed by atoms with Crippen LogP contribution in [0.3, 0.4) is 0 Å². The molecule has 1 N–H and O–H groups in total. The largest absolute Gasteiger partial charge is 0.284 e. The lowest BCUT2D eigenvalue weighted by molar-refractivity contribution is 0.365. The van der Waals surface area contributed by atoms with Gasteiger partial charge in [-0.3, -0.25) is 4.72 Å². The Morgan fingerprint density at radius 3 is 2.32 bits per heavy atom. The van der Waals surface area contributed by atoms with Gasteiger partial charge in [-0.2, -0.15) is 9.52 Å². The van der Waals surface area contributed by atoms with Crippen molar-refractivity contribution in [3.8, 4) is 0 Å². The van der Waals surface area contributed by atoms with Crippen LogP contribution in [0.2, 0.25) is 0 Å². The third-order valence-electron chi connectivity index (χ3n) is 4.35. The Hall–Kier alpha value is -2.46. The Morgan fingerprint density at radius 1 is 1.11 bits per heavy atom. The molecule has 0 radical (unpaired) electrons. The molecule has 7 nitrogen and oxygen atoms in total. The maximum absolute atomic E-state index is 14.2. The zero-order chi connectivity index (χ0) is 20.5. The highest BCUT2D eigenvalue weighted by Crippen LogP contribution is 2.35. The third-order valence-corrected chi connectivity index (χ3v) is 6.67. The number of nitrogens with one attached hydrogen (secondary N) is 1. The molecule has 1 heterocycles. The third kappa shape index (κ3) is 4.33. The van der Waals surface area contributed by atoms with E-state index >= 15 is 0 Å². The van der Waals surface area contributed by atoms with E-state index in [1.54, 1.807) is 36.4 Å². The Bertz CT molecular complexity index is 1110. The highest BCUT2D eigenvalue weighted by molar-refractivity contribution is 7.92. The lowest BCUT2D eigenvalue weighted by Gasteiger charge is -2.21. The minimum atomic E-state index is -3.71. The molecule has 0 aromatic heterocycles. The van der Waals surface area contributed by atoms with E-state index in [1.807, 2.05) is 0 Å². The first-order valence-electron chi connectivity index (χ1n) is 8.53. The van der Waals surface area contributed by atoms with Gasteiger partial charge in [-0.15, -0.1) is 0 Å². The molecule has 1 atom stereocenters. The average Bonchev–Trinajstić information content (AvgIpc) is 3.08. The van der Waals surface area contributed by atoms with Gasteiger partial charge in [0.1, 0.15) is 5.82 Å². The monoisotopic (exact) mass is 425 g/mol. The molecule has 28 heavy (non-hydrogen) atoms. The van der Waals surface area contributed by atoms with Crippen LogP contribution in [-0.2, 0) is 20.0 Å². The van der Waals surface area contributed by atoms with Gasteiger partial charge in [0.05, 0.1) is 23.8 Å². The predicted octanol–water partition coefficient (Wildman–Crippen LogP) is 2.70. The number of halogens is 1. The molecule has 3 rings (SSSR count). The van der Waals surface area contributed by atoms with Crippen LogP contribution in [0.15, 0.2) is 53.6 Å². The van der Waals surface area contributed by atoms with Crippen LogP contribution < -0.4 is 4.72 Å². The van der Waals surface area contributed by atoms with Crippen LogP contribution in [0.5, 0.6) is 0 Å². The average molecular weight is 426 g/mol. The number of hydrazone groups is 1. The Morgan fingerprint density at radius 2 is 1.75 bits per heavy atom. The second-order valence-electron chi connectivity index (χ2n) is 6.41. The summed E-state index contributed by atoms with van der Waals surface area (Å²) in [6.45, 7) is 1.53. The van der Waals surface area contributed by atoms with Crippen LogP contribution in [0.4, 0.5) is 10.1 Å². The summed E-state index contributed by atoms with van der Waals surface area (Å²) in [6, 6.07) is 11.7. The summed E-state index contributed by atoms with van der Waals surface area (Å²) in [5.41, 5.74) is 1.75. The van der Waals surface area contributed by atoms with E-state index in [4.69, 9.17) is 0 Å². The second kappa shape index (κ2) is 7.51. The van der Waals surface area contributed by atoms with Crippen molar-refractivity contribution in [1.29, 1.82) is 0 Å². The van der Waals surface area contributed by atoms with Gasteiger partial charge in [0, 0.05) is 17.7 Å². The number of anilines is 1. The molecular formula is C18H20FN3O4S2. The first kappa shape index (κ1) is 20.3. The molecule has 0 saturated carbocycles. The van der Waals surface area contributed by atoms with Crippen molar-refractivity contribution in [3.63, 3.8) is 0 Å². The van der Waals surface area contributed by atoms with Crippen molar-refractivity contribution in [2.75, 3.05) is 16.7 Å². The summed E-state index contributed by atoms with van der Waals surface area (Å²) in [5, 5.41) is 4.21. The maximum atomic E-state index is 14.2. The second-order valence-corrected chi connectivity index (χ2v) is 10.3. The van der Waals surface area contributed by atoms with Crippen molar-refractivity contribution in [1.82, 2.24) is 4.41 Å². The number of nitrogens with zero attached hydrogens (tertiary/aromatic N) is 2. The Balaban J connectivity index is 1.92. The van der Waals surface area contributed by atoms with Crippen molar-refractivity contribution < 1.29 is 21.2 Å². The highest BCUT2D eigenvalue weighted by atomic mass is 32.2. The molecule has 0 unspecified atom stereocenters. The van der Waals surface area contributed by atoms with Gasteiger partial charge in [0.2, 0.25) is 20.0 Å². The predicted molar refractivity (Wildman–Crippen MR) is 107 cm³/mol. The van der Waals surface area contributed by atoms with Gasteiger partial charge in [-0.25, -0.2) is 21.2 Å². The van der Waals surface area contributed by atoms with Gasteiger partial charge in [-0.05, 0) is 30.7 Å². The van der Waals surface area contributed by atoms with Crippen molar-refractivity contribution >= 4 is 31.4 Å². The summed E-state index contributed by atoms with van der Waals surface area (Å²) in [5.74, 6) is -0.545. The molecule has 1 aliphatic heterocycles. The molecular weight excluding hydrogens is 405 g/mol. The number of hydrogen-bond donors (Lipinski definition) is 1. The normalized spacial score (nSPS) is 17.5. The van der Waals surface area contributed by atoms with E-state index in [9.17, 15) is 21.2 Å². The van der Waals surface area contributed by atoms with E-state index in [1.165, 1.54) is 19.1 Å². The minimum absolute atomic E-state index is 0.0465. The molecule has 0 saturated heterocycles. The molecule has 0 amide bonds. The highest BCUT2D eigenvalue weighted by Gasteiger charge is 2.35. The van der Waals surface area contributed by atoms with Gasteiger partial charge >= 0.3 is 0 Å². The number of rotatable bonds is 6. The van der Waals surface area contributed by atoms with Gasteiger partial charge < -0.3 is 0 Å². The number of sulfonamides is 2. The Labute approximate surface area is 164 Å². The molecule has 0 aliphatic carbocycles. The smallest absolute Gasteiger partial charge is 0.247 e. The zero-order valence-corrected chi connectivity index (χ0v) is 17.0. The van der Waals surface area contributed by atoms with Gasteiger partial charge in [0.15, 0.2) is 0 Å². The van der Waals surface area contributed by atoms with E-state index in [0.717, 1.165) is 10.7 Å². The lowest BCUT2D eigenvalue weighted by atomic mass is 9.99. The van der Waals surface area contributed by atoms with Crippen molar-refractivity contribution in [2.24, 2.45) is 5.10 Å². The maximum Gasteiger partial charge on any atom is 0.247 e. The lowest BCUT2D eigenvalue weighted by Crippen LogP contribution is -2.26. The fourth-order valence-corrected chi connectivity index (χ4v) is 4.47. The van der Waals surface area contributed by atoms with E-state index < -0.39 is 31.9 Å². The first-order valence-corrected chi connectivity index (χ1v) is 12.0. The molecule has 2 aromatic carbocycles. The van der Waals surface area contributed by atoms with Gasteiger partial charge in [-0.1, -0.05) is 30.3 Å². The molecule has 10 heteroatoms. The summed E-state index contributed by atoms with van der Waals surface area (Å²) < 4.78 is 65.2. The first-order chi connectivity index (χ1) is 13.1. The number of benzene rings is 2. The standard InChI is InChI=1S/C18H20FN3O4S2/c1-3-28(25,26)21-14-10-8-13(9-11-14)17-12-18(22(20-17)27(2,23)24)15-6-4-5-7-16(15)19/h4-11,18,21H,3,12H2,1-2H3/t18-/m1/s1. The van der Waals surface area contributed by atoms with E-state index in [2.05, 4.69) is 9.82 Å². The molecule has 0 fully saturated rings. The molecule has 1 aliphatic rings. The summed E-state index contributed by atoms with van der Waals surface area (Å²) in [7, 11) is -7.10. The fraction of sp³-hybridized carbons (Fsp3) is 0.278. The molecule has 0 bridgehead atoms. The molecule has 2 aromatic rings. The van der Waals surface area contributed by atoms with Gasteiger partial charge in [0.25, 0.3) is 0 Å². The zero-order valence-electron chi connectivity index (χ0n) is 15.3. The van der Waals surface area contributed by atoms with Crippen LogP contribution in [0.1, 0.15) is 30.5 Å². The van der Waals surface area contributed by atoms with Crippen molar-refractivity contribution in [2.45, 2.75) is 19.4 Å². The SMILES string of the molecule is CCS(=O)(=O)Nc1ccc(C2=NN(S(C)(=O)=O)[C@@H](c3ccccc3F)C2)cc1.